The summed E-state index contributed by atoms with van der Waals surface area (Å²) in [5.41, 5.74) is 7.16. The van der Waals surface area contributed by atoms with E-state index in [2.05, 4.69) is 60.1 Å². The lowest BCUT2D eigenvalue weighted by Gasteiger charge is -2.13. The van der Waals surface area contributed by atoms with Crippen LogP contribution in [-0.4, -0.2) is 43.2 Å². The van der Waals surface area contributed by atoms with Crippen LogP contribution in [0, 0.1) is 0 Å². The fourth-order valence-electron chi connectivity index (χ4n) is 4.20. The highest BCUT2D eigenvalue weighted by atomic mass is 35.5. The van der Waals surface area contributed by atoms with Crippen molar-refractivity contribution >= 4 is 51.4 Å². The summed E-state index contributed by atoms with van der Waals surface area (Å²) >= 11 is 5.91. The summed E-state index contributed by atoms with van der Waals surface area (Å²) in [6.45, 7) is 4.90. The van der Waals surface area contributed by atoms with Gasteiger partial charge in [-0.25, -0.2) is 19.9 Å². The number of rotatable bonds is 5. The smallest absolute Gasteiger partial charge is 0.143 e. The molecule has 178 valence electrons. The average Bonchev–Trinajstić information content (AvgIpc) is 3.62. The number of hydrogen-bond donors (Lipinski definition) is 3. The van der Waals surface area contributed by atoms with Crippen molar-refractivity contribution in [1.82, 2.24) is 29.9 Å². The molecule has 6 rings (SSSR count). The number of ether oxygens (including phenoxy) is 1. The molecule has 0 saturated heterocycles. The lowest BCUT2D eigenvalue weighted by Crippen LogP contribution is -2.00. The van der Waals surface area contributed by atoms with Gasteiger partial charge >= 0.3 is 0 Å². The first kappa shape index (κ1) is 22.8. The van der Waals surface area contributed by atoms with Gasteiger partial charge in [0.15, 0.2) is 0 Å². The van der Waals surface area contributed by atoms with Crippen LogP contribution in [0.1, 0.15) is 36.1 Å². The number of aromatic amines is 2. The van der Waals surface area contributed by atoms with E-state index >= 15 is 0 Å². The van der Waals surface area contributed by atoms with E-state index in [1.807, 2.05) is 24.7 Å². The van der Waals surface area contributed by atoms with Gasteiger partial charge in [-0.05, 0) is 47.2 Å². The lowest BCUT2D eigenvalue weighted by atomic mass is 10.1. The highest BCUT2D eigenvalue weighted by molar-refractivity contribution is 6.34. The van der Waals surface area contributed by atoms with Crippen LogP contribution in [-0.2, 0) is 19.4 Å². The number of H-pyrrole nitrogens is 2. The number of aryl methyl sites for hydroxylation is 2. The Labute approximate surface area is 207 Å². The molecule has 1 aliphatic rings. The van der Waals surface area contributed by atoms with Crippen molar-refractivity contribution in [3.63, 3.8) is 0 Å². The van der Waals surface area contributed by atoms with Crippen LogP contribution in [0.25, 0.3) is 22.1 Å². The van der Waals surface area contributed by atoms with E-state index in [1.54, 1.807) is 13.4 Å². The monoisotopic (exact) mass is 488 g/mol. The Hall–Kier alpha value is -3.98. The number of methoxy groups -OCH3 is 1. The quantitative estimate of drug-likeness (QED) is 0.286. The summed E-state index contributed by atoms with van der Waals surface area (Å²) in [5.74, 6) is 1.57. The molecule has 4 aromatic heterocycles. The predicted octanol–water partition coefficient (Wildman–Crippen LogP) is 5.38. The molecule has 0 aliphatic carbocycles. The largest absolute Gasteiger partial charge is 0.495 e. The van der Waals surface area contributed by atoms with Crippen LogP contribution in [0.3, 0.4) is 0 Å². The van der Waals surface area contributed by atoms with E-state index in [1.165, 1.54) is 17.5 Å². The third kappa shape index (κ3) is 4.30. The molecule has 0 unspecified atom stereocenters. The minimum Gasteiger partial charge on any atom is -0.495 e. The van der Waals surface area contributed by atoms with Crippen LogP contribution in [0.5, 0.6) is 5.75 Å². The van der Waals surface area contributed by atoms with E-state index in [9.17, 15) is 0 Å². The molecule has 0 radical (unpaired) electrons. The third-order valence-corrected chi connectivity index (χ3v) is 6.31. The fourth-order valence-corrected chi connectivity index (χ4v) is 4.45. The van der Waals surface area contributed by atoms with Crippen LogP contribution in [0.4, 0.5) is 11.5 Å². The molecule has 0 bridgehead atoms. The molecule has 0 fully saturated rings. The Kier molecular flexibility index (Phi) is 6.33. The second-order valence-corrected chi connectivity index (χ2v) is 8.37. The van der Waals surface area contributed by atoms with Gasteiger partial charge in [-0.2, -0.15) is 0 Å². The third-order valence-electron chi connectivity index (χ3n) is 6.02. The highest BCUT2D eigenvalue weighted by Gasteiger charge is 2.16. The molecule has 5 aromatic rings. The van der Waals surface area contributed by atoms with E-state index < -0.39 is 0 Å². The van der Waals surface area contributed by atoms with Gasteiger partial charge in [-0.15, -0.1) is 0 Å². The Morgan fingerprint density at radius 3 is 2.34 bits per heavy atom. The first-order valence-electron chi connectivity index (χ1n) is 11.4. The number of benzene rings is 1. The summed E-state index contributed by atoms with van der Waals surface area (Å²) in [6.07, 6.45) is 10.7. The van der Waals surface area contributed by atoms with Crippen molar-refractivity contribution in [2.75, 3.05) is 12.4 Å². The number of nitrogens with one attached hydrogen (secondary N) is 3. The van der Waals surface area contributed by atoms with Crippen molar-refractivity contribution < 1.29 is 4.74 Å². The molecule has 0 atom stereocenters. The predicted molar refractivity (Wildman–Crippen MR) is 139 cm³/mol. The van der Waals surface area contributed by atoms with Crippen molar-refractivity contribution in [3.8, 4) is 5.75 Å². The van der Waals surface area contributed by atoms with Gasteiger partial charge in [-0.3, -0.25) is 4.99 Å². The van der Waals surface area contributed by atoms with Crippen molar-refractivity contribution in [2.45, 2.75) is 33.2 Å². The summed E-state index contributed by atoms with van der Waals surface area (Å²) < 4.78 is 5.52. The molecule has 3 N–H and O–H groups in total. The minimum atomic E-state index is 0.526. The summed E-state index contributed by atoms with van der Waals surface area (Å²) in [5, 5.41) is 5.89. The van der Waals surface area contributed by atoms with Crippen LogP contribution >= 0.6 is 11.6 Å². The maximum absolute atomic E-state index is 5.91. The Morgan fingerprint density at radius 1 is 0.943 bits per heavy atom. The van der Waals surface area contributed by atoms with Gasteiger partial charge < -0.3 is 20.0 Å². The molecule has 0 saturated carbocycles. The Bertz CT molecular complexity index is 1540. The molecular weight excluding hydrogens is 464 g/mol. The number of hydrogen-bond acceptors (Lipinski definition) is 7. The number of anilines is 2. The number of nitrogens with zero attached hydrogens (tertiary/aromatic N) is 5. The van der Waals surface area contributed by atoms with Crippen LogP contribution in [0.15, 0.2) is 42.2 Å². The second kappa shape index (κ2) is 9.71. The van der Waals surface area contributed by atoms with E-state index in [-0.39, 0.29) is 0 Å². The number of halogens is 1. The van der Waals surface area contributed by atoms with Gasteiger partial charge in [0.1, 0.15) is 40.7 Å². The molecule has 0 spiro atoms. The van der Waals surface area contributed by atoms with E-state index in [0.717, 1.165) is 63.3 Å². The summed E-state index contributed by atoms with van der Waals surface area (Å²) in [6, 6.07) is 4.08. The van der Waals surface area contributed by atoms with Gasteiger partial charge in [0.05, 0.1) is 30.1 Å². The lowest BCUT2D eigenvalue weighted by molar-refractivity contribution is 0.416. The molecule has 9 nitrogen and oxygen atoms in total. The van der Waals surface area contributed by atoms with Crippen molar-refractivity contribution in [1.29, 1.82) is 0 Å². The zero-order valence-electron chi connectivity index (χ0n) is 19.7. The maximum atomic E-state index is 5.91. The molecule has 5 heterocycles. The number of aromatic nitrogens is 6. The normalized spacial score (nSPS) is 12.0. The average molecular weight is 489 g/mol. The summed E-state index contributed by atoms with van der Waals surface area (Å²) in [7, 11) is 1.67. The van der Waals surface area contributed by atoms with Gasteiger partial charge in [0, 0.05) is 18.6 Å². The summed E-state index contributed by atoms with van der Waals surface area (Å²) in [4.78, 5) is 27.2. The number of aliphatic imine (C=N–C) groups is 1. The minimum absolute atomic E-state index is 0.526. The first-order chi connectivity index (χ1) is 17.1. The molecular formula is C25H25ClN8O. The SMILES string of the molecule is CCc1c[nH]c2ncnc(Cl)c12.CCc1c[nH]c2ncnc(Nc3cc4c(cc3OC)CN=C4)c12. The first-order valence-corrected chi connectivity index (χ1v) is 11.8. The maximum Gasteiger partial charge on any atom is 0.143 e. The van der Waals surface area contributed by atoms with Crippen LogP contribution < -0.4 is 10.1 Å². The Balaban J connectivity index is 0.000000178. The number of fused-ring (bicyclic) bond motifs is 3. The van der Waals surface area contributed by atoms with E-state index in [0.29, 0.717) is 11.7 Å². The van der Waals surface area contributed by atoms with Gasteiger partial charge in [0.25, 0.3) is 0 Å². The fraction of sp³-hybridized carbons (Fsp3) is 0.240. The molecule has 10 heteroatoms. The van der Waals surface area contributed by atoms with E-state index in [4.69, 9.17) is 16.3 Å². The molecule has 35 heavy (non-hydrogen) atoms. The van der Waals surface area contributed by atoms with Crippen molar-refractivity contribution in [3.05, 3.63) is 64.6 Å². The van der Waals surface area contributed by atoms with Gasteiger partial charge in [-0.1, -0.05) is 25.4 Å². The molecule has 1 aliphatic heterocycles. The molecule has 0 amide bonds. The zero-order chi connectivity index (χ0) is 24.4. The molecule has 1 aromatic carbocycles. The second-order valence-electron chi connectivity index (χ2n) is 8.01. The van der Waals surface area contributed by atoms with Crippen molar-refractivity contribution in [2.24, 2.45) is 4.99 Å². The topological polar surface area (TPSA) is 117 Å². The standard InChI is InChI=1S/C17H17N5O.C8H8ClN3/c1-3-10-8-19-16-15(10)17(21-9-20-16)22-13-4-11-6-18-7-12(11)5-14(13)23-2;1-2-5-3-10-8-6(5)7(9)11-4-12-8/h4-6,8-9H,3,7H2,1-2H3,(H2,19,20,21,22);3-4H,2H2,1H3,(H,10,11,12). The Morgan fingerprint density at radius 2 is 1.63 bits per heavy atom. The zero-order valence-corrected chi connectivity index (χ0v) is 20.4. The van der Waals surface area contributed by atoms with Crippen LogP contribution in [0.2, 0.25) is 5.15 Å². The highest BCUT2D eigenvalue weighted by Crippen LogP contribution is 2.34. The van der Waals surface area contributed by atoms with Gasteiger partial charge in [0.2, 0.25) is 0 Å².